The fourth-order valence-electron chi connectivity index (χ4n) is 7.72. The van der Waals surface area contributed by atoms with Crippen molar-refractivity contribution in [3.63, 3.8) is 0 Å². The maximum absolute atomic E-state index is 13.9. The number of alkyl halides is 3. The first-order chi connectivity index (χ1) is 25.8. The maximum atomic E-state index is 13.9. The average Bonchev–Trinajstić information content (AvgIpc) is 3.63. The molecule has 0 radical (unpaired) electrons. The lowest BCUT2D eigenvalue weighted by atomic mass is 9.72. The molecule has 7 atom stereocenters. The summed E-state index contributed by atoms with van der Waals surface area (Å²) in [6.45, 7) is 1.78. The van der Waals surface area contributed by atoms with E-state index in [9.17, 15) is 62.4 Å². The van der Waals surface area contributed by atoms with Gasteiger partial charge in [0.2, 0.25) is 17.5 Å². The van der Waals surface area contributed by atoms with E-state index >= 15 is 0 Å². The molecule has 2 saturated heterocycles. The van der Waals surface area contributed by atoms with Crippen LogP contribution < -0.4 is 10.1 Å². The molecule has 2 heterocycles. The van der Waals surface area contributed by atoms with E-state index < -0.39 is 138 Å². The molecular weight excluding hydrogens is 741 g/mol. The smallest absolute Gasteiger partial charge is 0.471 e. The van der Waals surface area contributed by atoms with Gasteiger partial charge in [0.1, 0.15) is 35.0 Å². The Morgan fingerprint density at radius 1 is 1.07 bits per heavy atom. The van der Waals surface area contributed by atoms with Crippen LogP contribution in [0.15, 0.2) is 18.2 Å². The molecule has 5 N–H and O–H groups in total. The predicted octanol–water partition coefficient (Wildman–Crippen LogP) is 1.28. The third-order valence-electron chi connectivity index (χ3n) is 10.5. The van der Waals surface area contributed by atoms with Crippen LogP contribution >= 0.6 is 0 Å². The molecule has 0 bridgehead atoms. The molecule has 5 unspecified atom stereocenters. The summed E-state index contributed by atoms with van der Waals surface area (Å²) in [5, 5.41) is 47.6. The number of methoxy groups -OCH3 is 1. The molecule has 55 heavy (non-hydrogen) atoms. The number of hydrogen-bond donors (Lipinski definition) is 5. The highest BCUT2D eigenvalue weighted by atomic mass is 19.4. The second-order valence-corrected chi connectivity index (χ2v) is 13.9. The number of halogens is 3. The Hall–Kier alpha value is -5.11. The van der Waals surface area contributed by atoms with Gasteiger partial charge in [-0.2, -0.15) is 13.2 Å². The van der Waals surface area contributed by atoms with Gasteiger partial charge >= 0.3 is 18.1 Å². The van der Waals surface area contributed by atoms with Crippen LogP contribution in [0.2, 0.25) is 0 Å². The number of ketones is 3. The lowest BCUT2D eigenvalue weighted by molar-refractivity contribution is -0.250. The van der Waals surface area contributed by atoms with E-state index in [0.29, 0.717) is 6.42 Å². The second-order valence-electron chi connectivity index (χ2n) is 13.9. The zero-order valence-electron chi connectivity index (χ0n) is 29.6. The Kier molecular flexibility index (Phi) is 10.4. The van der Waals surface area contributed by atoms with Gasteiger partial charge in [0.15, 0.2) is 18.7 Å². The van der Waals surface area contributed by atoms with Crippen LogP contribution in [0.3, 0.4) is 0 Å². The summed E-state index contributed by atoms with van der Waals surface area (Å²) in [4.78, 5) is 79.5. The van der Waals surface area contributed by atoms with Gasteiger partial charge in [0, 0.05) is 49.4 Å². The first-order valence-corrected chi connectivity index (χ1v) is 17.2. The zero-order chi connectivity index (χ0) is 40.3. The van der Waals surface area contributed by atoms with E-state index in [-0.39, 0.29) is 35.4 Å². The number of carbonyl (C=O) groups excluding carboxylic acids is 6. The quantitative estimate of drug-likeness (QED) is 0.160. The van der Waals surface area contributed by atoms with Crippen molar-refractivity contribution in [3.8, 4) is 17.2 Å². The second kappa shape index (κ2) is 14.5. The molecule has 19 heteroatoms. The monoisotopic (exact) mass is 778 g/mol. The lowest BCUT2D eigenvalue weighted by Crippen LogP contribution is -2.57. The summed E-state index contributed by atoms with van der Waals surface area (Å²) >= 11 is 0. The molecule has 2 fully saturated rings. The van der Waals surface area contributed by atoms with E-state index in [4.69, 9.17) is 18.9 Å². The average molecular weight is 779 g/mol. The minimum absolute atomic E-state index is 0.0282. The van der Waals surface area contributed by atoms with Crippen molar-refractivity contribution in [3.05, 3.63) is 51.6 Å². The van der Waals surface area contributed by atoms with Gasteiger partial charge in [-0.15, -0.1) is 0 Å². The number of phenols is 2. The van der Waals surface area contributed by atoms with Crippen LogP contribution in [0.5, 0.6) is 17.2 Å². The number of rotatable bonds is 8. The van der Waals surface area contributed by atoms with Crippen molar-refractivity contribution in [2.45, 2.75) is 94.4 Å². The van der Waals surface area contributed by atoms with E-state index in [1.807, 2.05) is 0 Å². The number of aliphatic hydroxyl groups excluding tert-OH is 1. The third-order valence-corrected chi connectivity index (χ3v) is 10.5. The number of likely N-dealkylation sites (tertiary alicyclic amines) is 1. The number of hydrogen-bond acceptors (Lipinski definition) is 14. The molecular formula is C36H37F3N2O14. The van der Waals surface area contributed by atoms with Crippen molar-refractivity contribution in [1.82, 2.24) is 10.2 Å². The van der Waals surface area contributed by atoms with Gasteiger partial charge in [-0.25, -0.2) is 4.79 Å². The Balaban J connectivity index is 1.39. The first-order valence-electron chi connectivity index (χ1n) is 17.2. The number of benzene rings is 2. The number of carbonyl (C=O) groups is 6. The number of esters is 1. The van der Waals surface area contributed by atoms with E-state index in [2.05, 4.69) is 0 Å². The van der Waals surface area contributed by atoms with Crippen LogP contribution in [0.1, 0.15) is 88.6 Å². The van der Waals surface area contributed by atoms with E-state index in [0.717, 1.165) is 0 Å². The van der Waals surface area contributed by atoms with Crippen molar-refractivity contribution in [1.29, 1.82) is 0 Å². The molecule has 0 aromatic heterocycles. The van der Waals surface area contributed by atoms with Crippen LogP contribution in [-0.4, -0.2) is 123 Å². The topological polar surface area (TPSA) is 236 Å². The number of nitrogens with one attached hydrogen (secondary N) is 1. The minimum Gasteiger partial charge on any atom is -0.507 e. The molecule has 4 aliphatic rings. The van der Waals surface area contributed by atoms with Gasteiger partial charge in [-0.3, -0.25) is 24.0 Å². The minimum atomic E-state index is -5.31. The molecule has 0 saturated carbocycles. The zero-order valence-corrected chi connectivity index (χ0v) is 29.6. The van der Waals surface area contributed by atoms with Crippen molar-refractivity contribution >= 4 is 35.1 Å². The Labute approximate surface area is 310 Å². The summed E-state index contributed by atoms with van der Waals surface area (Å²) in [5.74, 6) is -8.49. The molecule has 0 spiro atoms. The molecule has 2 amide bonds. The highest BCUT2D eigenvalue weighted by Crippen LogP contribution is 2.52. The van der Waals surface area contributed by atoms with Crippen molar-refractivity contribution < 1.29 is 81.3 Å². The number of phenolic OH excluding ortho intramolecular Hbond substituents is 2. The lowest BCUT2D eigenvalue weighted by Gasteiger charge is -2.43. The summed E-state index contributed by atoms with van der Waals surface area (Å²) in [5.41, 5.74) is -5.12. The summed E-state index contributed by atoms with van der Waals surface area (Å²) in [7, 11) is 1.24. The SMILES string of the molecule is COc1cccc2c1C(=O)c1c(O)c3c(c(O)c1C2=O)C[C@@](O)(C(=O)COC(=O)C1CCCN1C(C)=O)C[C@@H]3OC1CC(NC(=O)C(F)(F)F)C(O)C(C)O1. The van der Waals surface area contributed by atoms with Gasteiger partial charge in [-0.05, 0) is 25.8 Å². The number of aromatic hydroxyl groups is 2. The number of Topliss-reactive ketones (excluding diaryl/α,β-unsaturated/α-hetero) is 1. The van der Waals surface area contributed by atoms with Crippen molar-refractivity contribution in [2.75, 3.05) is 20.3 Å². The molecule has 2 aliphatic carbocycles. The number of nitrogens with zero attached hydrogens (tertiary/aromatic N) is 1. The number of amides is 2. The van der Waals surface area contributed by atoms with Crippen LogP contribution in [0.4, 0.5) is 13.2 Å². The van der Waals surface area contributed by atoms with Gasteiger partial charge in [0.05, 0.1) is 42.0 Å². The predicted molar refractivity (Wildman–Crippen MR) is 176 cm³/mol. The van der Waals surface area contributed by atoms with Gasteiger partial charge in [0.25, 0.3) is 0 Å². The standard InChI is InChI=1S/C36H37F3N2O14/c1-14-28(44)18(40-34(50)36(37,38)39)10-23(54-14)55-21-12-35(51,22(43)13-53-33(49)19-7-5-9-41(19)15(2)42)11-17-25(21)32(48)27-26(30(17)46)29(45)16-6-4-8-20(52-3)24(16)31(27)47/h4,6,8,14,18-19,21,23,28,44,46,48,51H,5,7,9-13H2,1-3H3,(H,40,50)/t14?,18?,19?,21-,23?,28?,35-/m0/s1. The number of fused-ring (bicyclic) bond motifs is 3. The summed E-state index contributed by atoms with van der Waals surface area (Å²) in [6, 6.07) is 1.53. The molecule has 16 nitrogen and oxygen atoms in total. The first kappa shape index (κ1) is 39.6. The summed E-state index contributed by atoms with van der Waals surface area (Å²) < 4.78 is 61.5. The normalized spacial score (nSPS) is 27.5. The maximum Gasteiger partial charge on any atom is 0.471 e. The number of ether oxygens (including phenoxy) is 4. The fourth-order valence-corrected chi connectivity index (χ4v) is 7.72. The Morgan fingerprint density at radius 2 is 1.76 bits per heavy atom. The van der Waals surface area contributed by atoms with Crippen LogP contribution in [0.25, 0.3) is 0 Å². The molecule has 2 aromatic carbocycles. The van der Waals surface area contributed by atoms with Gasteiger partial charge in [-0.1, -0.05) is 12.1 Å². The van der Waals surface area contributed by atoms with E-state index in [1.54, 1.807) is 5.32 Å². The van der Waals surface area contributed by atoms with Crippen LogP contribution in [-0.2, 0) is 39.8 Å². The highest BCUT2D eigenvalue weighted by molar-refractivity contribution is 6.31. The molecule has 2 aromatic rings. The number of aliphatic hydroxyl groups is 2. The fraction of sp³-hybridized carbons (Fsp3) is 0.500. The molecule has 2 aliphatic heterocycles. The summed E-state index contributed by atoms with van der Waals surface area (Å²) in [6.07, 6.45) is -13.0. The molecule has 6 rings (SSSR count). The molecule has 296 valence electrons. The van der Waals surface area contributed by atoms with Gasteiger partial charge < -0.3 is 49.6 Å². The Morgan fingerprint density at radius 3 is 2.42 bits per heavy atom. The Bertz CT molecular complexity index is 1980. The van der Waals surface area contributed by atoms with Crippen molar-refractivity contribution in [2.24, 2.45) is 0 Å². The highest BCUT2D eigenvalue weighted by Gasteiger charge is 2.51. The van der Waals surface area contributed by atoms with Crippen LogP contribution in [0, 0.1) is 0 Å². The van der Waals surface area contributed by atoms with E-state index in [1.165, 1.54) is 44.1 Å². The third kappa shape index (κ3) is 7.00. The largest absolute Gasteiger partial charge is 0.507 e.